The monoisotopic (exact) mass is 244 g/mol. The normalized spacial score (nSPS) is 10.3. The highest BCUT2D eigenvalue weighted by atomic mass is 16.5. The van der Waals surface area contributed by atoms with E-state index in [2.05, 4.69) is 4.98 Å². The molecule has 2 rings (SSSR count). The Morgan fingerprint density at radius 1 is 1.28 bits per heavy atom. The molecule has 4 heteroatoms. The Balaban J connectivity index is 2.22. The van der Waals surface area contributed by atoms with Gasteiger partial charge in [-0.15, -0.1) is 0 Å². The summed E-state index contributed by atoms with van der Waals surface area (Å²) in [5.74, 6) is 0.312. The Kier molecular flexibility index (Phi) is 3.79. The van der Waals surface area contributed by atoms with Gasteiger partial charge in [0, 0.05) is 18.3 Å². The van der Waals surface area contributed by atoms with E-state index in [9.17, 15) is 4.79 Å². The molecule has 1 heterocycles. The summed E-state index contributed by atoms with van der Waals surface area (Å²) < 4.78 is 5.58. The average molecular weight is 244 g/mol. The van der Waals surface area contributed by atoms with Gasteiger partial charge in [-0.1, -0.05) is 30.3 Å². The van der Waals surface area contributed by atoms with Crippen LogP contribution < -0.4 is 15.9 Å². The third-order valence-electron chi connectivity index (χ3n) is 2.62. The summed E-state index contributed by atoms with van der Waals surface area (Å²) >= 11 is 0. The maximum Gasteiger partial charge on any atom is 0.223 e. The van der Waals surface area contributed by atoms with Gasteiger partial charge in [0.25, 0.3) is 0 Å². The van der Waals surface area contributed by atoms with Gasteiger partial charge in [0.15, 0.2) is 5.75 Å². The molecule has 0 unspecified atom stereocenters. The maximum atomic E-state index is 11.8. The van der Waals surface area contributed by atoms with Gasteiger partial charge >= 0.3 is 0 Å². The lowest BCUT2D eigenvalue weighted by atomic mass is 10.2. The summed E-state index contributed by atoms with van der Waals surface area (Å²) in [6.07, 6.45) is 0. The highest BCUT2D eigenvalue weighted by Crippen LogP contribution is 2.12. The van der Waals surface area contributed by atoms with Crippen LogP contribution in [0.3, 0.4) is 0 Å². The third-order valence-corrected chi connectivity index (χ3v) is 2.62. The molecule has 2 aromatic rings. The van der Waals surface area contributed by atoms with Crippen molar-refractivity contribution < 1.29 is 4.74 Å². The lowest BCUT2D eigenvalue weighted by Crippen LogP contribution is -2.15. The fourth-order valence-electron chi connectivity index (χ4n) is 1.77. The molecule has 0 saturated heterocycles. The van der Waals surface area contributed by atoms with Gasteiger partial charge in [-0.05, 0) is 12.5 Å². The SMILES string of the molecule is Cc1cc(=O)c(OCc2ccccc2)c(CN)[nH]1. The fourth-order valence-corrected chi connectivity index (χ4v) is 1.77. The summed E-state index contributed by atoms with van der Waals surface area (Å²) in [7, 11) is 0. The zero-order valence-corrected chi connectivity index (χ0v) is 10.3. The van der Waals surface area contributed by atoms with Gasteiger partial charge in [0.1, 0.15) is 6.61 Å². The lowest BCUT2D eigenvalue weighted by Gasteiger charge is -2.10. The van der Waals surface area contributed by atoms with Crippen LogP contribution >= 0.6 is 0 Å². The number of nitrogens with one attached hydrogen (secondary N) is 1. The van der Waals surface area contributed by atoms with E-state index in [0.29, 0.717) is 18.1 Å². The van der Waals surface area contributed by atoms with E-state index < -0.39 is 0 Å². The number of benzene rings is 1. The van der Waals surface area contributed by atoms with E-state index >= 15 is 0 Å². The number of aromatic nitrogens is 1. The van der Waals surface area contributed by atoms with Crippen molar-refractivity contribution in [1.29, 1.82) is 0 Å². The van der Waals surface area contributed by atoms with Crippen molar-refractivity contribution in [2.45, 2.75) is 20.1 Å². The van der Waals surface area contributed by atoms with Crippen LogP contribution in [-0.4, -0.2) is 4.98 Å². The molecule has 0 radical (unpaired) electrons. The van der Waals surface area contributed by atoms with Crippen LogP contribution in [0, 0.1) is 6.92 Å². The molecular weight excluding hydrogens is 228 g/mol. The molecule has 3 N–H and O–H groups in total. The minimum atomic E-state index is -0.136. The maximum absolute atomic E-state index is 11.8. The summed E-state index contributed by atoms with van der Waals surface area (Å²) in [6.45, 7) is 2.43. The van der Waals surface area contributed by atoms with Crippen LogP contribution in [0.4, 0.5) is 0 Å². The first-order valence-electron chi connectivity index (χ1n) is 5.80. The number of hydrogen-bond acceptors (Lipinski definition) is 3. The molecule has 18 heavy (non-hydrogen) atoms. The molecule has 0 spiro atoms. The molecule has 94 valence electrons. The van der Waals surface area contributed by atoms with E-state index in [1.807, 2.05) is 37.3 Å². The van der Waals surface area contributed by atoms with Gasteiger partial charge in [0.2, 0.25) is 5.43 Å². The molecule has 1 aromatic carbocycles. The molecular formula is C14H16N2O2. The summed E-state index contributed by atoms with van der Waals surface area (Å²) in [6, 6.07) is 11.2. The highest BCUT2D eigenvalue weighted by molar-refractivity contribution is 5.29. The molecule has 0 amide bonds. The number of hydrogen-bond donors (Lipinski definition) is 2. The van der Waals surface area contributed by atoms with E-state index in [1.165, 1.54) is 6.07 Å². The van der Waals surface area contributed by atoms with Crippen molar-refractivity contribution in [3.05, 3.63) is 63.6 Å². The molecule has 1 aromatic heterocycles. The smallest absolute Gasteiger partial charge is 0.223 e. The predicted octanol–water partition coefficient (Wildman–Crippen LogP) is 1.72. The average Bonchev–Trinajstić information content (AvgIpc) is 2.38. The van der Waals surface area contributed by atoms with Crippen LogP contribution in [0.5, 0.6) is 5.75 Å². The molecule has 0 saturated carbocycles. The highest BCUT2D eigenvalue weighted by Gasteiger charge is 2.08. The number of rotatable bonds is 4. The second-order valence-corrected chi connectivity index (χ2v) is 4.10. The molecule has 0 aliphatic carbocycles. The fraction of sp³-hybridized carbons (Fsp3) is 0.214. The van der Waals surface area contributed by atoms with Crippen LogP contribution in [0.2, 0.25) is 0 Å². The molecule has 0 atom stereocenters. The van der Waals surface area contributed by atoms with E-state index in [1.54, 1.807) is 0 Å². The van der Waals surface area contributed by atoms with Crippen LogP contribution in [0.25, 0.3) is 0 Å². The minimum Gasteiger partial charge on any atom is -0.483 e. The summed E-state index contributed by atoms with van der Waals surface area (Å²) in [4.78, 5) is 14.9. The quantitative estimate of drug-likeness (QED) is 0.860. The minimum absolute atomic E-state index is 0.136. The second kappa shape index (κ2) is 5.51. The van der Waals surface area contributed by atoms with Crippen molar-refractivity contribution in [3.63, 3.8) is 0 Å². The number of H-pyrrole nitrogens is 1. The Morgan fingerprint density at radius 3 is 2.67 bits per heavy atom. The van der Waals surface area contributed by atoms with Crippen molar-refractivity contribution in [3.8, 4) is 5.75 Å². The Labute approximate surface area is 105 Å². The number of aromatic amines is 1. The third kappa shape index (κ3) is 2.78. The van der Waals surface area contributed by atoms with Gasteiger partial charge < -0.3 is 15.5 Å². The number of ether oxygens (including phenoxy) is 1. The van der Waals surface area contributed by atoms with Crippen LogP contribution in [-0.2, 0) is 13.2 Å². The zero-order chi connectivity index (χ0) is 13.0. The molecule has 4 nitrogen and oxygen atoms in total. The predicted molar refractivity (Wildman–Crippen MR) is 70.5 cm³/mol. The van der Waals surface area contributed by atoms with E-state index in [4.69, 9.17) is 10.5 Å². The topological polar surface area (TPSA) is 68.1 Å². The van der Waals surface area contributed by atoms with Gasteiger partial charge in [-0.25, -0.2) is 0 Å². The summed E-state index contributed by atoms with van der Waals surface area (Å²) in [5.41, 5.74) is 7.90. The Hall–Kier alpha value is -2.07. The molecule has 0 aliphatic heterocycles. The van der Waals surface area contributed by atoms with Crippen molar-refractivity contribution in [2.24, 2.45) is 5.73 Å². The first kappa shape index (κ1) is 12.4. The van der Waals surface area contributed by atoms with Crippen molar-refractivity contribution >= 4 is 0 Å². The first-order chi connectivity index (χ1) is 8.70. The van der Waals surface area contributed by atoms with Crippen molar-refractivity contribution in [2.75, 3.05) is 0 Å². The Bertz CT molecular complexity index is 576. The Morgan fingerprint density at radius 2 is 2.00 bits per heavy atom. The molecule has 0 bridgehead atoms. The largest absolute Gasteiger partial charge is 0.483 e. The van der Waals surface area contributed by atoms with Crippen molar-refractivity contribution in [1.82, 2.24) is 4.98 Å². The first-order valence-corrected chi connectivity index (χ1v) is 5.80. The zero-order valence-electron chi connectivity index (χ0n) is 10.3. The standard InChI is InChI=1S/C14H16N2O2/c1-10-7-13(17)14(12(8-15)16-10)18-9-11-5-3-2-4-6-11/h2-7H,8-9,15H2,1H3,(H,16,17). The molecule has 0 aliphatic rings. The van der Waals surface area contributed by atoms with E-state index in [-0.39, 0.29) is 12.0 Å². The van der Waals surface area contributed by atoms with Gasteiger partial charge in [-0.2, -0.15) is 0 Å². The van der Waals surface area contributed by atoms with Crippen LogP contribution in [0.15, 0.2) is 41.2 Å². The number of aryl methyl sites for hydroxylation is 1. The molecule has 0 fully saturated rings. The number of pyridine rings is 1. The van der Waals surface area contributed by atoms with Gasteiger partial charge in [-0.3, -0.25) is 4.79 Å². The van der Waals surface area contributed by atoms with E-state index in [0.717, 1.165) is 11.3 Å². The second-order valence-electron chi connectivity index (χ2n) is 4.10. The number of nitrogens with two attached hydrogens (primary N) is 1. The van der Waals surface area contributed by atoms with Crippen LogP contribution in [0.1, 0.15) is 17.0 Å². The summed E-state index contributed by atoms with van der Waals surface area (Å²) in [5, 5.41) is 0. The lowest BCUT2D eigenvalue weighted by molar-refractivity contribution is 0.298. The van der Waals surface area contributed by atoms with Gasteiger partial charge in [0.05, 0.1) is 5.69 Å².